The van der Waals surface area contributed by atoms with Gasteiger partial charge in [0.15, 0.2) is 0 Å². The summed E-state index contributed by atoms with van der Waals surface area (Å²) in [6.07, 6.45) is -0.223. The first kappa shape index (κ1) is 9.58. The predicted molar refractivity (Wildman–Crippen MR) is 50.9 cm³/mol. The Morgan fingerprint density at radius 3 is 2.54 bits per heavy atom. The summed E-state index contributed by atoms with van der Waals surface area (Å²) < 4.78 is 0. The molecule has 0 aliphatic rings. The number of carbonyl (C=O) groups is 1. The van der Waals surface area contributed by atoms with E-state index in [9.17, 15) is 4.79 Å². The molecule has 70 valence electrons. The third kappa shape index (κ3) is 3.60. The number of amides is 1. The van der Waals surface area contributed by atoms with Crippen LogP contribution in [0.1, 0.15) is 11.1 Å². The van der Waals surface area contributed by atoms with Crippen molar-refractivity contribution in [2.45, 2.75) is 13.3 Å². The van der Waals surface area contributed by atoms with Gasteiger partial charge in [-0.2, -0.15) is 0 Å². The van der Waals surface area contributed by atoms with E-state index in [4.69, 9.17) is 5.11 Å². The van der Waals surface area contributed by atoms with Gasteiger partial charge < -0.3 is 10.4 Å². The molecular formula is C10H13NO2. The van der Waals surface area contributed by atoms with Gasteiger partial charge in [0, 0.05) is 6.54 Å². The van der Waals surface area contributed by atoms with E-state index >= 15 is 0 Å². The average Bonchev–Trinajstić information content (AvgIpc) is 2.08. The molecule has 1 rings (SSSR count). The summed E-state index contributed by atoms with van der Waals surface area (Å²) in [5.74, 6) is 0. The van der Waals surface area contributed by atoms with Crippen molar-refractivity contribution in [1.82, 2.24) is 5.32 Å². The summed E-state index contributed by atoms with van der Waals surface area (Å²) in [7, 11) is 0. The summed E-state index contributed by atoms with van der Waals surface area (Å²) in [6.45, 7) is 2.50. The topological polar surface area (TPSA) is 49.3 Å². The maximum Gasteiger partial charge on any atom is 0.404 e. The molecule has 1 aromatic carbocycles. The molecule has 0 bridgehead atoms. The van der Waals surface area contributed by atoms with Gasteiger partial charge in [-0.05, 0) is 18.9 Å². The molecule has 3 heteroatoms. The Kier molecular flexibility index (Phi) is 3.31. The zero-order chi connectivity index (χ0) is 9.68. The van der Waals surface area contributed by atoms with Gasteiger partial charge in [-0.3, -0.25) is 0 Å². The minimum Gasteiger partial charge on any atom is -0.465 e. The largest absolute Gasteiger partial charge is 0.465 e. The van der Waals surface area contributed by atoms with Crippen LogP contribution in [0.4, 0.5) is 4.79 Å². The molecule has 0 saturated heterocycles. The maximum absolute atomic E-state index is 10.1. The number of hydrogen-bond acceptors (Lipinski definition) is 1. The highest BCUT2D eigenvalue weighted by Crippen LogP contribution is 2.02. The van der Waals surface area contributed by atoms with E-state index in [-0.39, 0.29) is 0 Å². The molecule has 0 unspecified atom stereocenters. The van der Waals surface area contributed by atoms with E-state index in [1.807, 2.05) is 31.2 Å². The molecule has 3 nitrogen and oxygen atoms in total. The second-order valence-corrected chi connectivity index (χ2v) is 2.97. The Labute approximate surface area is 77.4 Å². The third-order valence-electron chi connectivity index (χ3n) is 1.81. The van der Waals surface area contributed by atoms with Crippen molar-refractivity contribution in [2.75, 3.05) is 6.54 Å². The van der Waals surface area contributed by atoms with E-state index in [2.05, 4.69) is 5.32 Å². The van der Waals surface area contributed by atoms with Gasteiger partial charge in [0.25, 0.3) is 0 Å². The van der Waals surface area contributed by atoms with E-state index in [0.717, 1.165) is 12.0 Å². The molecule has 0 saturated carbocycles. The molecule has 0 aromatic heterocycles. The Morgan fingerprint density at radius 1 is 1.38 bits per heavy atom. The molecule has 0 atom stereocenters. The van der Waals surface area contributed by atoms with Gasteiger partial charge in [0.1, 0.15) is 0 Å². The average molecular weight is 179 g/mol. The second kappa shape index (κ2) is 4.50. The Hall–Kier alpha value is -1.51. The number of nitrogens with one attached hydrogen (secondary N) is 1. The van der Waals surface area contributed by atoms with Gasteiger partial charge in [-0.25, -0.2) is 4.79 Å². The lowest BCUT2D eigenvalue weighted by Gasteiger charge is -2.01. The SMILES string of the molecule is Cc1ccc(CCNC(=O)O)cc1. The minimum atomic E-state index is -0.966. The summed E-state index contributed by atoms with van der Waals surface area (Å²) in [5.41, 5.74) is 2.37. The lowest BCUT2D eigenvalue weighted by atomic mass is 10.1. The lowest BCUT2D eigenvalue weighted by Crippen LogP contribution is -2.23. The van der Waals surface area contributed by atoms with Crippen LogP contribution in [0, 0.1) is 6.92 Å². The van der Waals surface area contributed by atoms with Crippen LogP contribution in [0.3, 0.4) is 0 Å². The fraction of sp³-hybridized carbons (Fsp3) is 0.300. The molecule has 0 heterocycles. The Bertz CT molecular complexity index is 279. The smallest absolute Gasteiger partial charge is 0.404 e. The van der Waals surface area contributed by atoms with E-state index in [1.165, 1.54) is 5.56 Å². The van der Waals surface area contributed by atoms with Crippen LogP contribution in [0.5, 0.6) is 0 Å². The van der Waals surface area contributed by atoms with Gasteiger partial charge in [-0.1, -0.05) is 29.8 Å². The minimum absolute atomic E-state index is 0.471. The van der Waals surface area contributed by atoms with Crippen molar-refractivity contribution in [2.24, 2.45) is 0 Å². The summed E-state index contributed by atoms with van der Waals surface area (Å²) in [5, 5.41) is 10.6. The molecule has 0 aliphatic heterocycles. The van der Waals surface area contributed by atoms with Crippen molar-refractivity contribution < 1.29 is 9.90 Å². The first-order valence-corrected chi connectivity index (χ1v) is 4.21. The first-order chi connectivity index (χ1) is 6.18. The molecule has 2 N–H and O–H groups in total. The molecule has 0 spiro atoms. The molecular weight excluding hydrogens is 166 g/mol. The van der Waals surface area contributed by atoms with Crippen LogP contribution in [0.2, 0.25) is 0 Å². The monoisotopic (exact) mass is 179 g/mol. The second-order valence-electron chi connectivity index (χ2n) is 2.97. The van der Waals surface area contributed by atoms with Gasteiger partial charge in [0.2, 0.25) is 0 Å². The van der Waals surface area contributed by atoms with Gasteiger partial charge in [-0.15, -0.1) is 0 Å². The highest BCUT2D eigenvalue weighted by Gasteiger charge is 1.95. The molecule has 0 radical (unpaired) electrons. The van der Waals surface area contributed by atoms with Gasteiger partial charge >= 0.3 is 6.09 Å². The highest BCUT2D eigenvalue weighted by atomic mass is 16.4. The third-order valence-corrected chi connectivity index (χ3v) is 1.81. The normalized spacial score (nSPS) is 9.62. The maximum atomic E-state index is 10.1. The molecule has 0 fully saturated rings. The first-order valence-electron chi connectivity index (χ1n) is 4.21. The van der Waals surface area contributed by atoms with Crippen LogP contribution < -0.4 is 5.32 Å². The van der Waals surface area contributed by atoms with Crippen LogP contribution in [0.15, 0.2) is 24.3 Å². The Balaban J connectivity index is 2.37. The van der Waals surface area contributed by atoms with Crippen LogP contribution in [-0.2, 0) is 6.42 Å². The number of benzene rings is 1. The Morgan fingerprint density at radius 2 is 2.00 bits per heavy atom. The zero-order valence-corrected chi connectivity index (χ0v) is 7.58. The number of aryl methyl sites for hydroxylation is 1. The molecule has 1 aromatic rings. The van der Waals surface area contributed by atoms with E-state index in [0.29, 0.717) is 6.54 Å². The van der Waals surface area contributed by atoms with Crippen molar-refractivity contribution in [1.29, 1.82) is 0 Å². The van der Waals surface area contributed by atoms with Crippen LogP contribution >= 0.6 is 0 Å². The van der Waals surface area contributed by atoms with E-state index < -0.39 is 6.09 Å². The number of hydrogen-bond donors (Lipinski definition) is 2. The quantitative estimate of drug-likeness (QED) is 0.743. The summed E-state index contributed by atoms with van der Waals surface area (Å²) in [6, 6.07) is 8.07. The zero-order valence-electron chi connectivity index (χ0n) is 7.58. The standard InChI is InChI=1S/C10H13NO2/c1-8-2-4-9(5-3-8)6-7-11-10(12)13/h2-5,11H,6-7H2,1H3,(H,12,13). The fourth-order valence-corrected chi connectivity index (χ4v) is 1.07. The van der Waals surface area contributed by atoms with Crippen molar-refractivity contribution in [3.05, 3.63) is 35.4 Å². The van der Waals surface area contributed by atoms with E-state index in [1.54, 1.807) is 0 Å². The number of carboxylic acid groups (broad SMARTS) is 1. The lowest BCUT2D eigenvalue weighted by molar-refractivity contribution is 0.194. The summed E-state index contributed by atoms with van der Waals surface area (Å²) in [4.78, 5) is 10.1. The van der Waals surface area contributed by atoms with Crippen molar-refractivity contribution >= 4 is 6.09 Å². The molecule has 0 aliphatic carbocycles. The number of rotatable bonds is 3. The molecule has 1 amide bonds. The van der Waals surface area contributed by atoms with Crippen LogP contribution in [0.25, 0.3) is 0 Å². The molecule has 13 heavy (non-hydrogen) atoms. The summed E-state index contributed by atoms with van der Waals surface area (Å²) >= 11 is 0. The van der Waals surface area contributed by atoms with Crippen molar-refractivity contribution in [3.8, 4) is 0 Å². The highest BCUT2D eigenvalue weighted by molar-refractivity contribution is 5.64. The van der Waals surface area contributed by atoms with Crippen LogP contribution in [-0.4, -0.2) is 17.7 Å². The van der Waals surface area contributed by atoms with Crippen molar-refractivity contribution in [3.63, 3.8) is 0 Å². The fourth-order valence-electron chi connectivity index (χ4n) is 1.07. The predicted octanol–water partition coefficient (Wildman–Crippen LogP) is 1.81. The van der Waals surface area contributed by atoms with Gasteiger partial charge in [0.05, 0.1) is 0 Å².